The van der Waals surface area contributed by atoms with Gasteiger partial charge in [0, 0.05) is 45.3 Å². The van der Waals surface area contributed by atoms with Crippen LogP contribution in [0, 0.1) is 0 Å². The summed E-state index contributed by atoms with van der Waals surface area (Å²) >= 11 is 0. The van der Waals surface area contributed by atoms with E-state index < -0.39 is 0 Å². The Morgan fingerprint density at radius 3 is 2.81 bits per heavy atom. The van der Waals surface area contributed by atoms with Crippen LogP contribution >= 0.6 is 0 Å². The van der Waals surface area contributed by atoms with Crippen molar-refractivity contribution in [3.05, 3.63) is 52.8 Å². The molecule has 27 heavy (non-hydrogen) atoms. The van der Waals surface area contributed by atoms with Gasteiger partial charge in [0.15, 0.2) is 5.69 Å². The van der Waals surface area contributed by atoms with Crippen LogP contribution in [-0.2, 0) is 30.8 Å². The number of rotatable bonds is 4. The van der Waals surface area contributed by atoms with Crippen molar-refractivity contribution in [3.8, 4) is 0 Å². The van der Waals surface area contributed by atoms with Crippen molar-refractivity contribution in [2.75, 3.05) is 26.7 Å². The number of esters is 1. The molecule has 3 heterocycles. The van der Waals surface area contributed by atoms with Gasteiger partial charge in [0.05, 0.1) is 12.8 Å². The summed E-state index contributed by atoms with van der Waals surface area (Å²) in [6.07, 6.45) is 2.18. The third-order valence-electron chi connectivity index (χ3n) is 5.79. The second-order valence-electron chi connectivity index (χ2n) is 7.66. The molecule has 2 aliphatic rings. The maximum absolute atomic E-state index is 11.8. The van der Waals surface area contributed by atoms with Gasteiger partial charge in [0.1, 0.15) is 0 Å². The number of ether oxygens (including phenoxy) is 1. The van der Waals surface area contributed by atoms with Crippen LogP contribution < -0.4 is 0 Å². The highest BCUT2D eigenvalue weighted by molar-refractivity contribution is 5.87. The topological polar surface area (TPSA) is 50.6 Å². The first-order valence-electron chi connectivity index (χ1n) is 9.82. The molecular formula is C21H28N4O2. The molecule has 1 aromatic heterocycles. The second kappa shape index (κ2) is 7.82. The lowest BCUT2D eigenvalue weighted by atomic mass is 9.99. The predicted molar refractivity (Wildman–Crippen MR) is 103 cm³/mol. The molecule has 144 valence electrons. The first-order chi connectivity index (χ1) is 13.1. The van der Waals surface area contributed by atoms with Crippen LogP contribution in [0.4, 0.5) is 0 Å². The molecule has 0 aliphatic carbocycles. The van der Waals surface area contributed by atoms with Crippen molar-refractivity contribution in [3.63, 3.8) is 0 Å². The first-order valence-corrected chi connectivity index (χ1v) is 9.82. The Balaban J connectivity index is 1.41. The lowest BCUT2D eigenvalue weighted by Gasteiger charge is -2.35. The molecule has 4 rings (SSSR count). The van der Waals surface area contributed by atoms with Crippen molar-refractivity contribution in [2.24, 2.45) is 0 Å². The minimum absolute atomic E-state index is 0.359. The van der Waals surface area contributed by atoms with Crippen LogP contribution in [0.1, 0.15) is 40.7 Å². The number of hydrogen-bond acceptors (Lipinski definition) is 5. The maximum Gasteiger partial charge on any atom is 0.358 e. The summed E-state index contributed by atoms with van der Waals surface area (Å²) in [6, 6.07) is 11.1. The second-order valence-corrected chi connectivity index (χ2v) is 7.66. The van der Waals surface area contributed by atoms with E-state index in [1.165, 1.54) is 18.2 Å². The Labute approximate surface area is 160 Å². The van der Waals surface area contributed by atoms with E-state index in [0.29, 0.717) is 11.7 Å². The normalized spacial score (nSPS) is 19.0. The zero-order valence-corrected chi connectivity index (χ0v) is 16.2. The highest BCUT2D eigenvalue weighted by Crippen LogP contribution is 2.21. The molecule has 0 N–H and O–H groups in total. The van der Waals surface area contributed by atoms with E-state index >= 15 is 0 Å². The monoisotopic (exact) mass is 368 g/mol. The van der Waals surface area contributed by atoms with Gasteiger partial charge in [0.2, 0.25) is 0 Å². The molecule has 1 atom stereocenters. The maximum atomic E-state index is 11.8. The molecule has 6 heteroatoms. The van der Waals surface area contributed by atoms with E-state index in [9.17, 15) is 4.79 Å². The molecule has 0 saturated carbocycles. The quantitative estimate of drug-likeness (QED) is 0.776. The van der Waals surface area contributed by atoms with Crippen molar-refractivity contribution in [1.82, 2.24) is 19.6 Å². The summed E-state index contributed by atoms with van der Waals surface area (Å²) in [5.74, 6) is -0.359. The third-order valence-corrected chi connectivity index (χ3v) is 5.79. The third kappa shape index (κ3) is 3.92. The summed E-state index contributed by atoms with van der Waals surface area (Å²) in [4.78, 5) is 16.9. The van der Waals surface area contributed by atoms with E-state index in [0.717, 1.165) is 57.8 Å². The van der Waals surface area contributed by atoms with Crippen molar-refractivity contribution < 1.29 is 9.53 Å². The largest absolute Gasteiger partial charge is 0.464 e. The summed E-state index contributed by atoms with van der Waals surface area (Å²) in [5, 5.41) is 4.42. The number of nitrogens with zero attached hydrogens (tertiary/aromatic N) is 4. The summed E-state index contributed by atoms with van der Waals surface area (Å²) in [5.41, 5.74) is 4.47. The summed E-state index contributed by atoms with van der Waals surface area (Å²) in [6.45, 7) is 8.28. The van der Waals surface area contributed by atoms with Gasteiger partial charge in [-0.1, -0.05) is 24.3 Å². The van der Waals surface area contributed by atoms with Crippen molar-refractivity contribution in [1.29, 1.82) is 0 Å². The molecule has 2 aliphatic heterocycles. The number of fused-ring (bicyclic) bond motifs is 2. The predicted octanol–water partition coefficient (Wildman–Crippen LogP) is 2.32. The number of hydrogen-bond donors (Lipinski definition) is 0. The Morgan fingerprint density at radius 1 is 1.19 bits per heavy atom. The SMILES string of the molecule is COC(=O)c1cc2n(n1)CCCN(C(C)CN1CCc3ccccc3C1)C2. The van der Waals surface area contributed by atoms with E-state index in [1.54, 1.807) is 0 Å². The lowest BCUT2D eigenvalue weighted by Crippen LogP contribution is -2.43. The van der Waals surface area contributed by atoms with E-state index in [-0.39, 0.29) is 5.97 Å². The molecule has 0 radical (unpaired) electrons. The Kier molecular flexibility index (Phi) is 5.27. The summed E-state index contributed by atoms with van der Waals surface area (Å²) in [7, 11) is 1.40. The minimum Gasteiger partial charge on any atom is -0.464 e. The van der Waals surface area contributed by atoms with Crippen molar-refractivity contribution >= 4 is 5.97 Å². The Hall–Kier alpha value is -2.18. The number of aryl methyl sites for hydroxylation is 1. The van der Waals surface area contributed by atoms with Crippen LogP contribution in [-0.4, -0.2) is 58.3 Å². The molecule has 0 spiro atoms. The molecule has 0 saturated heterocycles. The number of aromatic nitrogens is 2. The Morgan fingerprint density at radius 2 is 2.00 bits per heavy atom. The highest BCUT2D eigenvalue weighted by Gasteiger charge is 2.25. The van der Waals surface area contributed by atoms with Gasteiger partial charge in [0.25, 0.3) is 0 Å². The van der Waals surface area contributed by atoms with Gasteiger partial charge >= 0.3 is 5.97 Å². The number of methoxy groups -OCH3 is 1. The van der Waals surface area contributed by atoms with Gasteiger partial charge in [-0.25, -0.2) is 4.79 Å². The molecule has 0 fully saturated rings. The van der Waals surface area contributed by atoms with Crippen LogP contribution in [0.3, 0.4) is 0 Å². The minimum atomic E-state index is -0.359. The van der Waals surface area contributed by atoms with Gasteiger partial charge in [-0.15, -0.1) is 0 Å². The smallest absolute Gasteiger partial charge is 0.358 e. The standard InChI is InChI=1S/C21H28N4O2/c1-16(13-23-11-8-17-6-3-4-7-18(17)14-23)24-9-5-10-25-19(15-24)12-20(22-25)21(26)27-2/h3-4,6-7,12,16H,5,8-11,13-15H2,1-2H3. The average Bonchev–Trinajstić information content (AvgIpc) is 2.98. The van der Waals surface area contributed by atoms with Crippen LogP contribution in [0.15, 0.2) is 30.3 Å². The summed E-state index contributed by atoms with van der Waals surface area (Å²) < 4.78 is 6.78. The number of carbonyl (C=O) groups excluding carboxylic acids is 1. The fraction of sp³-hybridized carbons (Fsp3) is 0.524. The molecule has 2 aromatic rings. The van der Waals surface area contributed by atoms with Crippen LogP contribution in [0.5, 0.6) is 0 Å². The average molecular weight is 368 g/mol. The van der Waals surface area contributed by atoms with E-state index in [1.807, 2.05) is 10.7 Å². The molecule has 1 aromatic carbocycles. The van der Waals surface area contributed by atoms with Gasteiger partial charge in [-0.2, -0.15) is 5.10 Å². The molecule has 0 bridgehead atoms. The molecule has 6 nitrogen and oxygen atoms in total. The fourth-order valence-electron chi connectivity index (χ4n) is 4.27. The van der Waals surface area contributed by atoms with Crippen LogP contribution in [0.25, 0.3) is 0 Å². The molecule has 1 unspecified atom stereocenters. The zero-order chi connectivity index (χ0) is 18.8. The molecule has 0 amide bonds. The van der Waals surface area contributed by atoms with Gasteiger partial charge in [-0.3, -0.25) is 14.5 Å². The highest BCUT2D eigenvalue weighted by atomic mass is 16.5. The number of benzene rings is 1. The number of carbonyl (C=O) groups is 1. The van der Waals surface area contributed by atoms with Gasteiger partial charge < -0.3 is 4.74 Å². The van der Waals surface area contributed by atoms with Gasteiger partial charge in [-0.05, 0) is 37.0 Å². The Bertz CT molecular complexity index is 816. The van der Waals surface area contributed by atoms with Crippen LogP contribution in [0.2, 0.25) is 0 Å². The first kappa shape index (κ1) is 18.2. The van der Waals surface area contributed by atoms with E-state index in [4.69, 9.17) is 4.74 Å². The van der Waals surface area contributed by atoms with Crippen molar-refractivity contribution in [2.45, 2.75) is 45.4 Å². The zero-order valence-electron chi connectivity index (χ0n) is 16.2. The molecular weight excluding hydrogens is 340 g/mol. The lowest BCUT2D eigenvalue weighted by molar-refractivity contribution is 0.0593. The fourth-order valence-corrected chi connectivity index (χ4v) is 4.27. The van der Waals surface area contributed by atoms with E-state index in [2.05, 4.69) is 46.1 Å².